The molecule has 5 rings (SSSR count). The first kappa shape index (κ1) is 29.1. The Hall–Kier alpha value is -3.91. The Bertz CT molecular complexity index is 1600. The summed E-state index contributed by atoms with van der Waals surface area (Å²) in [5.74, 6) is -3.67. The minimum Gasteiger partial charge on any atom is -0.475 e. The fraction of sp³-hybridized carbons (Fsp3) is 0.292. The Labute approximate surface area is 232 Å². The molecule has 1 fully saturated rings. The Morgan fingerprint density at radius 3 is 2.33 bits per heavy atom. The van der Waals surface area contributed by atoms with Crippen molar-refractivity contribution in [3.05, 3.63) is 86.3 Å². The van der Waals surface area contributed by atoms with Crippen molar-refractivity contribution in [2.24, 2.45) is 0 Å². The third kappa shape index (κ3) is 6.28. The highest BCUT2D eigenvalue weighted by molar-refractivity contribution is 6.42. The molecule has 10 nitrogen and oxygen atoms in total. The lowest BCUT2D eigenvalue weighted by molar-refractivity contribution is -0.192. The van der Waals surface area contributed by atoms with E-state index in [1.54, 1.807) is 34.1 Å². The molecule has 1 aliphatic heterocycles. The standard InChI is InChI=1S/C22H19Cl2FN6O2.C2HF3O2/c23-17-9-19-21(32)26-10-15(31(19)20(17)24)7-13-1-2-18(25)16(8-13)22(33)29-5-3-14(4-6-29)30-11-27-28-12-30;3-2(4,5)1(6)7/h1-2,8-12,14H,3-7H2,(H,26,32);(H,6,7). The van der Waals surface area contributed by atoms with Gasteiger partial charge in [0, 0.05) is 37.4 Å². The predicted molar refractivity (Wildman–Crippen MR) is 135 cm³/mol. The number of carbonyl (C=O) groups is 2. The van der Waals surface area contributed by atoms with Crippen LogP contribution in [-0.2, 0) is 11.2 Å². The number of carbonyl (C=O) groups excluding carboxylic acids is 1. The van der Waals surface area contributed by atoms with Crippen molar-refractivity contribution in [2.75, 3.05) is 13.1 Å². The van der Waals surface area contributed by atoms with Gasteiger partial charge >= 0.3 is 12.1 Å². The van der Waals surface area contributed by atoms with E-state index in [-0.39, 0.29) is 33.2 Å². The van der Waals surface area contributed by atoms with E-state index in [2.05, 4.69) is 15.2 Å². The lowest BCUT2D eigenvalue weighted by Gasteiger charge is -2.32. The topological polar surface area (TPSA) is 126 Å². The van der Waals surface area contributed by atoms with Gasteiger partial charge in [0.15, 0.2) is 0 Å². The van der Waals surface area contributed by atoms with Crippen molar-refractivity contribution in [1.29, 1.82) is 0 Å². The van der Waals surface area contributed by atoms with Crippen LogP contribution in [-0.4, -0.2) is 65.3 Å². The Morgan fingerprint density at radius 1 is 1.10 bits per heavy atom. The number of aromatic nitrogens is 5. The number of hydrogen-bond donors (Lipinski definition) is 2. The van der Waals surface area contributed by atoms with Gasteiger partial charge in [-0.25, -0.2) is 9.18 Å². The van der Waals surface area contributed by atoms with E-state index in [0.717, 1.165) is 12.8 Å². The van der Waals surface area contributed by atoms with E-state index in [1.165, 1.54) is 18.3 Å². The Morgan fingerprint density at radius 2 is 1.73 bits per heavy atom. The molecule has 0 bridgehead atoms. The average molecular weight is 603 g/mol. The van der Waals surface area contributed by atoms with Crippen molar-refractivity contribution in [2.45, 2.75) is 31.5 Å². The molecule has 0 radical (unpaired) electrons. The van der Waals surface area contributed by atoms with Gasteiger partial charge in [-0.05, 0) is 36.6 Å². The first-order chi connectivity index (χ1) is 18.9. The molecule has 1 amide bonds. The van der Waals surface area contributed by atoms with Crippen LogP contribution in [0.3, 0.4) is 0 Å². The molecule has 16 heteroatoms. The van der Waals surface area contributed by atoms with E-state index < -0.39 is 18.0 Å². The number of amides is 1. The number of aromatic amines is 1. The molecule has 3 aromatic heterocycles. The number of likely N-dealkylation sites (tertiary alicyclic amines) is 1. The molecule has 2 N–H and O–H groups in total. The number of fused-ring (bicyclic) bond motifs is 1. The molecule has 1 aromatic carbocycles. The minimum absolute atomic E-state index is 0.0209. The average Bonchev–Trinajstić information content (AvgIpc) is 3.56. The second-order valence-electron chi connectivity index (χ2n) is 8.84. The van der Waals surface area contributed by atoms with E-state index >= 15 is 0 Å². The number of rotatable bonds is 4. The summed E-state index contributed by atoms with van der Waals surface area (Å²) in [6.45, 7) is 1.03. The van der Waals surface area contributed by atoms with Gasteiger partial charge in [-0.3, -0.25) is 14.0 Å². The monoisotopic (exact) mass is 602 g/mol. The first-order valence-corrected chi connectivity index (χ1v) is 12.4. The minimum atomic E-state index is -5.08. The number of aliphatic carboxylic acids is 1. The van der Waals surface area contributed by atoms with Gasteiger partial charge in [0.1, 0.15) is 29.1 Å². The molecular formula is C24H20Cl2F4N6O4. The quantitative estimate of drug-likeness (QED) is 0.334. The van der Waals surface area contributed by atoms with Crippen molar-refractivity contribution < 1.29 is 32.3 Å². The van der Waals surface area contributed by atoms with E-state index in [9.17, 15) is 27.2 Å². The highest BCUT2D eigenvalue weighted by Crippen LogP contribution is 2.28. The molecule has 40 heavy (non-hydrogen) atoms. The number of piperidine rings is 1. The van der Waals surface area contributed by atoms with Crippen molar-refractivity contribution in [3.63, 3.8) is 0 Å². The number of H-pyrrole nitrogens is 1. The Kier molecular flexibility index (Phi) is 8.49. The number of halogens is 6. The molecule has 1 aliphatic rings. The van der Waals surface area contributed by atoms with Crippen LogP contribution in [0.4, 0.5) is 17.6 Å². The number of benzene rings is 1. The maximum Gasteiger partial charge on any atom is 0.490 e. The Balaban J connectivity index is 0.000000470. The fourth-order valence-corrected chi connectivity index (χ4v) is 4.75. The second kappa shape index (κ2) is 11.7. The van der Waals surface area contributed by atoms with Gasteiger partial charge in [0.25, 0.3) is 11.5 Å². The maximum absolute atomic E-state index is 14.6. The van der Waals surface area contributed by atoms with Crippen LogP contribution in [0.25, 0.3) is 5.52 Å². The predicted octanol–water partition coefficient (Wildman–Crippen LogP) is 4.37. The van der Waals surface area contributed by atoms with Gasteiger partial charge in [0.05, 0.1) is 10.6 Å². The molecule has 0 saturated carbocycles. The van der Waals surface area contributed by atoms with Crippen molar-refractivity contribution in [3.8, 4) is 0 Å². The largest absolute Gasteiger partial charge is 0.490 e. The van der Waals surface area contributed by atoms with Crippen LogP contribution in [0, 0.1) is 5.82 Å². The SMILES string of the molecule is O=C(O)C(F)(F)F.O=C(c1cc(Cc2c[nH]c(=O)c3cc(Cl)c(Cl)n23)ccc1F)N1CCC(n2cnnc2)CC1. The summed E-state index contributed by atoms with van der Waals surface area (Å²) in [4.78, 5) is 38.4. The molecule has 4 heterocycles. The summed E-state index contributed by atoms with van der Waals surface area (Å²) < 4.78 is 49.9. The van der Waals surface area contributed by atoms with E-state index in [1.807, 2.05) is 4.57 Å². The number of carboxylic acids is 1. The number of alkyl halides is 3. The van der Waals surface area contributed by atoms with Crippen LogP contribution in [0.5, 0.6) is 0 Å². The third-order valence-electron chi connectivity index (χ3n) is 6.29. The third-order valence-corrected chi connectivity index (χ3v) is 7.04. The molecule has 0 unspecified atom stereocenters. The van der Waals surface area contributed by atoms with Crippen LogP contribution in [0.1, 0.15) is 40.5 Å². The lowest BCUT2D eigenvalue weighted by atomic mass is 10.0. The molecule has 1 saturated heterocycles. The number of hydrogen-bond acceptors (Lipinski definition) is 5. The van der Waals surface area contributed by atoms with Crippen molar-refractivity contribution in [1.82, 2.24) is 29.0 Å². The maximum atomic E-state index is 14.6. The fourth-order valence-electron chi connectivity index (χ4n) is 4.31. The van der Waals surface area contributed by atoms with Gasteiger partial charge in [-0.1, -0.05) is 29.3 Å². The zero-order valence-corrected chi connectivity index (χ0v) is 21.8. The van der Waals surface area contributed by atoms with Gasteiger partial charge in [0.2, 0.25) is 0 Å². The van der Waals surface area contributed by atoms with Crippen LogP contribution in [0.2, 0.25) is 10.2 Å². The molecule has 0 spiro atoms. The number of nitrogens with one attached hydrogen (secondary N) is 1. The van der Waals surface area contributed by atoms with Crippen LogP contribution in [0.15, 0.2) is 47.9 Å². The zero-order chi connectivity index (χ0) is 29.2. The summed E-state index contributed by atoms with van der Waals surface area (Å²) in [5.41, 5.74) is 1.37. The molecule has 0 atom stereocenters. The highest BCUT2D eigenvalue weighted by atomic mass is 35.5. The highest BCUT2D eigenvalue weighted by Gasteiger charge is 2.38. The normalized spacial score (nSPS) is 14.2. The summed E-state index contributed by atoms with van der Waals surface area (Å²) in [6, 6.07) is 6.18. The lowest BCUT2D eigenvalue weighted by Crippen LogP contribution is -2.39. The summed E-state index contributed by atoms with van der Waals surface area (Å²) >= 11 is 12.4. The molecule has 4 aromatic rings. The molecule has 0 aliphatic carbocycles. The number of nitrogens with zero attached hydrogens (tertiary/aromatic N) is 5. The summed E-state index contributed by atoms with van der Waals surface area (Å²) in [5, 5.41) is 15.3. The first-order valence-electron chi connectivity index (χ1n) is 11.7. The molecule has 212 valence electrons. The number of carboxylic acid groups (broad SMARTS) is 1. The van der Waals surface area contributed by atoms with Crippen molar-refractivity contribution >= 4 is 40.6 Å². The van der Waals surface area contributed by atoms with E-state index in [4.69, 9.17) is 33.1 Å². The summed E-state index contributed by atoms with van der Waals surface area (Å²) in [6.07, 6.45) is 1.60. The van der Waals surface area contributed by atoms with Gasteiger partial charge in [-0.2, -0.15) is 13.2 Å². The summed E-state index contributed by atoms with van der Waals surface area (Å²) in [7, 11) is 0. The van der Waals surface area contributed by atoms with Crippen LogP contribution < -0.4 is 5.56 Å². The van der Waals surface area contributed by atoms with E-state index in [0.29, 0.717) is 36.3 Å². The van der Waals surface area contributed by atoms with Gasteiger partial charge < -0.3 is 19.6 Å². The second-order valence-corrected chi connectivity index (χ2v) is 9.60. The molecular weight excluding hydrogens is 583 g/mol. The van der Waals surface area contributed by atoms with Crippen LogP contribution >= 0.6 is 23.2 Å². The van der Waals surface area contributed by atoms with Gasteiger partial charge in [-0.15, -0.1) is 10.2 Å². The smallest absolute Gasteiger partial charge is 0.475 e. The zero-order valence-electron chi connectivity index (χ0n) is 20.3.